The van der Waals surface area contributed by atoms with Crippen LogP contribution < -0.4 is 4.90 Å². The number of imidazole rings is 1. The van der Waals surface area contributed by atoms with E-state index in [9.17, 15) is 10.4 Å². The third-order valence-electron chi connectivity index (χ3n) is 3.64. The number of quaternary nitrogens is 1. The van der Waals surface area contributed by atoms with Gasteiger partial charge in [-0.2, -0.15) is 5.26 Å². The van der Waals surface area contributed by atoms with Crippen LogP contribution in [0.2, 0.25) is 0 Å². The van der Waals surface area contributed by atoms with E-state index in [1.54, 1.807) is 0 Å². The Morgan fingerprint density at radius 3 is 2.86 bits per heavy atom. The number of aliphatic hydroxyl groups excluding tert-OH is 1. The van der Waals surface area contributed by atoms with Gasteiger partial charge in [-0.1, -0.05) is 12.1 Å². The molecule has 0 unspecified atom stereocenters. The van der Waals surface area contributed by atoms with Crippen LogP contribution in [-0.2, 0) is 4.74 Å². The fraction of sp³-hybridized carbons (Fsp3) is 0.333. The Kier molecular flexibility index (Phi) is 3.86. The molecule has 6 nitrogen and oxygen atoms in total. The average Bonchev–Trinajstić information content (AvgIpc) is 2.92. The molecular formula is C15H17N4O2+. The number of fused-ring (bicyclic) bond motifs is 1. The number of nitriles is 1. The molecule has 2 heterocycles. The Morgan fingerprint density at radius 1 is 1.38 bits per heavy atom. The Balaban J connectivity index is 1.88. The van der Waals surface area contributed by atoms with Crippen molar-refractivity contribution in [1.29, 1.82) is 5.26 Å². The number of aromatic amines is 1. The number of aromatic nitrogens is 2. The summed E-state index contributed by atoms with van der Waals surface area (Å²) in [5.74, 6) is 0.498. The Labute approximate surface area is 122 Å². The maximum absolute atomic E-state index is 10.3. The quantitative estimate of drug-likeness (QED) is 0.558. The number of benzene rings is 1. The first kappa shape index (κ1) is 13.6. The molecule has 0 atom stereocenters. The second-order valence-corrected chi connectivity index (χ2v) is 5.08. The van der Waals surface area contributed by atoms with E-state index in [2.05, 4.69) is 16.0 Å². The first-order valence-electron chi connectivity index (χ1n) is 6.96. The highest BCUT2D eigenvalue weighted by Gasteiger charge is 2.20. The third kappa shape index (κ3) is 2.89. The number of para-hydroxylation sites is 2. The van der Waals surface area contributed by atoms with Gasteiger partial charge in [0, 0.05) is 0 Å². The second-order valence-electron chi connectivity index (χ2n) is 5.08. The van der Waals surface area contributed by atoms with Crippen molar-refractivity contribution in [3.63, 3.8) is 0 Å². The number of hydrogen-bond acceptors (Lipinski definition) is 4. The third-order valence-corrected chi connectivity index (χ3v) is 3.64. The van der Waals surface area contributed by atoms with E-state index in [4.69, 9.17) is 4.74 Å². The Bertz CT molecular complexity index is 675. The molecule has 2 aromatic rings. The van der Waals surface area contributed by atoms with E-state index in [1.165, 1.54) is 4.90 Å². The summed E-state index contributed by atoms with van der Waals surface area (Å²) in [6.07, 6.45) is 0. The van der Waals surface area contributed by atoms with Crippen LogP contribution in [0.5, 0.6) is 0 Å². The molecule has 0 aliphatic carbocycles. The normalized spacial score (nSPS) is 17.5. The van der Waals surface area contributed by atoms with E-state index < -0.39 is 0 Å². The zero-order valence-corrected chi connectivity index (χ0v) is 11.6. The van der Waals surface area contributed by atoms with Crippen molar-refractivity contribution in [1.82, 2.24) is 9.97 Å². The maximum Gasteiger partial charge on any atom is 0.169 e. The fourth-order valence-corrected chi connectivity index (χ4v) is 2.49. The molecule has 1 saturated heterocycles. The maximum atomic E-state index is 10.3. The summed E-state index contributed by atoms with van der Waals surface area (Å²) in [6.45, 7) is 3.47. The number of aliphatic hydroxyl groups is 1. The summed E-state index contributed by atoms with van der Waals surface area (Å²) in [7, 11) is 0. The minimum atomic E-state index is 0.0773. The van der Waals surface area contributed by atoms with Crippen molar-refractivity contribution in [2.24, 2.45) is 0 Å². The van der Waals surface area contributed by atoms with Crippen LogP contribution >= 0.6 is 0 Å². The van der Waals surface area contributed by atoms with Gasteiger partial charge >= 0.3 is 0 Å². The zero-order chi connectivity index (χ0) is 14.7. The van der Waals surface area contributed by atoms with Gasteiger partial charge in [0.05, 0.1) is 24.2 Å². The summed E-state index contributed by atoms with van der Waals surface area (Å²) >= 11 is 0. The Morgan fingerprint density at radius 2 is 2.14 bits per heavy atom. The topological polar surface area (TPSA) is 86.4 Å². The highest BCUT2D eigenvalue weighted by Crippen LogP contribution is 2.18. The van der Waals surface area contributed by atoms with E-state index in [1.807, 2.05) is 24.3 Å². The lowest BCUT2D eigenvalue weighted by Gasteiger charge is -2.23. The fourth-order valence-electron chi connectivity index (χ4n) is 2.49. The molecule has 1 aliphatic rings. The van der Waals surface area contributed by atoms with Gasteiger partial charge < -0.3 is 19.7 Å². The van der Waals surface area contributed by atoms with Crippen molar-refractivity contribution in [2.75, 3.05) is 32.8 Å². The molecule has 3 rings (SSSR count). The largest absolute Gasteiger partial charge is 0.506 e. The lowest BCUT2D eigenvalue weighted by molar-refractivity contribution is -0.904. The first-order chi connectivity index (χ1) is 10.3. The van der Waals surface area contributed by atoms with Gasteiger partial charge in [-0.05, 0) is 12.1 Å². The lowest BCUT2D eigenvalue weighted by Crippen LogP contribution is -3.14. The molecule has 1 aliphatic heterocycles. The number of nitrogens with one attached hydrogen (secondary N) is 2. The van der Waals surface area contributed by atoms with Crippen LogP contribution in [0, 0.1) is 11.3 Å². The van der Waals surface area contributed by atoms with Gasteiger partial charge in [0.25, 0.3) is 0 Å². The summed E-state index contributed by atoms with van der Waals surface area (Å²) < 4.78 is 5.29. The molecule has 0 amide bonds. The molecule has 1 aromatic heterocycles. The predicted molar refractivity (Wildman–Crippen MR) is 77.6 cm³/mol. The predicted octanol–water partition coefficient (Wildman–Crippen LogP) is 0.271. The molecule has 0 spiro atoms. The highest BCUT2D eigenvalue weighted by molar-refractivity contribution is 5.82. The number of allylic oxidation sites excluding steroid dienone is 1. The smallest absolute Gasteiger partial charge is 0.169 e. The van der Waals surface area contributed by atoms with E-state index in [0.717, 1.165) is 24.1 Å². The number of hydrogen-bond donors (Lipinski definition) is 3. The minimum absolute atomic E-state index is 0.0773. The van der Waals surface area contributed by atoms with E-state index in [-0.39, 0.29) is 11.3 Å². The molecule has 21 heavy (non-hydrogen) atoms. The average molecular weight is 285 g/mol. The van der Waals surface area contributed by atoms with Crippen LogP contribution in [0.1, 0.15) is 5.82 Å². The van der Waals surface area contributed by atoms with E-state index in [0.29, 0.717) is 25.6 Å². The number of H-pyrrole nitrogens is 1. The van der Waals surface area contributed by atoms with Gasteiger partial charge in [0.15, 0.2) is 11.6 Å². The molecule has 108 valence electrons. The van der Waals surface area contributed by atoms with Crippen molar-refractivity contribution < 1.29 is 14.7 Å². The molecule has 3 N–H and O–H groups in total. The first-order valence-corrected chi connectivity index (χ1v) is 6.96. The Hall–Kier alpha value is -2.36. The molecule has 1 fully saturated rings. The lowest BCUT2D eigenvalue weighted by atomic mass is 10.2. The van der Waals surface area contributed by atoms with Gasteiger partial charge in [0.1, 0.15) is 31.3 Å². The van der Waals surface area contributed by atoms with Crippen molar-refractivity contribution in [3.05, 3.63) is 35.8 Å². The molecule has 0 saturated carbocycles. The summed E-state index contributed by atoms with van der Waals surface area (Å²) in [5.41, 5.74) is 1.85. The van der Waals surface area contributed by atoms with Crippen molar-refractivity contribution in [3.8, 4) is 6.07 Å². The monoisotopic (exact) mass is 285 g/mol. The molecule has 0 radical (unpaired) electrons. The van der Waals surface area contributed by atoms with Gasteiger partial charge in [-0.25, -0.2) is 4.98 Å². The highest BCUT2D eigenvalue weighted by atomic mass is 16.5. The number of ether oxygens (including phenoxy) is 1. The number of nitrogens with zero attached hydrogens (tertiary/aromatic N) is 2. The minimum Gasteiger partial charge on any atom is -0.506 e. The standard InChI is InChI=1S/C15H16N4O2/c16-9-11(14(20)10-19-5-7-21-8-6-19)15-17-12-3-1-2-4-13(12)18-15/h1-4,20H,5-8,10H2,(H,17,18)/p+1. The van der Waals surface area contributed by atoms with Crippen molar-refractivity contribution in [2.45, 2.75) is 0 Å². The number of rotatable bonds is 3. The molecule has 1 aromatic carbocycles. The summed E-state index contributed by atoms with van der Waals surface area (Å²) in [4.78, 5) is 8.66. The molecular weight excluding hydrogens is 268 g/mol. The van der Waals surface area contributed by atoms with Crippen LogP contribution in [0.3, 0.4) is 0 Å². The second kappa shape index (κ2) is 5.95. The van der Waals surface area contributed by atoms with Gasteiger partial charge in [0.2, 0.25) is 0 Å². The van der Waals surface area contributed by atoms with Crippen LogP contribution in [0.4, 0.5) is 0 Å². The summed E-state index contributed by atoms with van der Waals surface area (Å²) in [6, 6.07) is 9.61. The molecule has 6 heteroatoms. The van der Waals surface area contributed by atoms with Gasteiger partial charge in [-0.15, -0.1) is 0 Å². The van der Waals surface area contributed by atoms with E-state index >= 15 is 0 Å². The van der Waals surface area contributed by atoms with Crippen LogP contribution in [-0.4, -0.2) is 47.9 Å². The van der Waals surface area contributed by atoms with Crippen molar-refractivity contribution >= 4 is 16.6 Å². The van der Waals surface area contributed by atoms with Crippen LogP contribution in [0.25, 0.3) is 16.6 Å². The zero-order valence-electron chi connectivity index (χ0n) is 11.6. The SMILES string of the molecule is N#CC(=C(O)C[NH+]1CCOCC1)c1nc2ccccc2[nH]1. The van der Waals surface area contributed by atoms with Gasteiger partial charge in [-0.3, -0.25) is 0 Å². The molecule has 0 bridgehead atoms. The van der Waals surface area contributed by atoms with Crippen LogP contribution in [0.15, 0.2) is 30.0 Å². The number of morpholine rings is 1. The summed E-state index contributed by atoms with van der Waals surface area (Å²) in [5, 5.41) is 19.6.